The molecule has 0 spiro atoms. The summed E-state index contributed by atoms with van der Waals surface area (Å²) in [5.41, 5.74) is 9.05. The van der Waals surface area contributed by atoms with E-state index in [0.29, 0.717) is 0 Å². The fourth-order valence-corrected chi connectivity index (χ4v) is 1.54. The van der Waals surface area contributed by atoms with Gasteiger partial charge in [0, 0.05) is 23.4 Å². The fourth-order valence-electron chi connectivity index (χ4n) is 1.54. The van der Waals surface area contributed by atoms with Gasteiger partial charge >= 0.3 is 0 Å². The maximum absolute atomic E-state index is 5.73. The highest BCUT2D eigenvalue weighted by molar-refractivity contribution is 5.40. The molecule has 2 nitrogen and oxygen atoms in total. The number of halogens is 1. The third kappa shape index (κ3) is 3.24. The van der Waals surface area contributed by atoms with Gasteiger partial charge in [-0.1, -0.05) is 12.1 Å². The standard InChI is InChI=1S/C13H15N2.ClH/c1-11-5-7-15(8-6-11)10-12-3-2-4-13(14)9-12;/h2-9H,10,14H2,1H3;1H/q+1;/p-1. The van der Waals surface area contributed by atoms with E-state index in [2.05, 4.69) is 42.1 Å². The second-order valence-corrected chi connectivity index (χ2v) is 3.79. The van der Waals surface area contributed by atoms with E-state index in [9.17, 15) is 0 Å². The van der Waals surface area contributed by atoms with Crippen LogP contribution in [0.15, 0.2) is 48.8 Å². The van der Waals surface area contributed by atoms with Crippen molar-refractivity contribution in [2.24, 2.45) is 0 Å². The number of nitrogen functional groups attached to an aromatic ring is 1. The lowest BCUT2D eigenvalue weighted by molar-refractivity contribution is -0.688. The summed E-state index contributed by atoms with van der Waals surface area (Å²) in [5, 5.41) is 0. The molecule has 0 aliphatic carbocycles. The highest BCUT2D eigenvalue weighted by Crippen LogP contribution is 2.05. The Morgan fingerprint density at radius 2 is 1.81 bits per heavy atom. The number of nitrogens with zero attached hydrogens (tertiary/aromatic N) is 1. The van der Waals surface area contributed by atoms with Crippen molar-refractivity contribution in [1.29, 1.82) is 0 Å². The van der Waals surface area contributed by atoms with E-state index in [1.807, 2.05) is 18.2 Å². The Bertz CT molecular complexity index is 452. The van der Waals surface area contributed by atoms with Crippen molar-refractivity contribution < 1.29 is 17.0 Å². The smallest absolute Gasteiger partial charge is 0.173 e. The van der Waals surface area contributed by atoms with Gasteiger partial charge in [-0.3, -0.25) is 0 Å². The zero-order valence-corrected chi connectivity index (χ0v) is 9.98. The minimum absolute atomic E-state index is 0. The maximum atomic E-state index is 5.73. The largest absolute Gasteiger partial charge is 1.00 e. The lowest BCUT2D eigenvalue weighted by Gasteiger charge is -1.99. The van der Waals surface area contributed by atoms with Gasteiger partial charge in [-0.15, -0.1) is 0 Å². The summed E-state index contributed by atoms with van der Waals surface area (Å²) < 4.78 is 2.14. The molecule has 0 saturated heterocycles. The number of hydrogen-bond acceptors (Lipinski definition) is 1. The molecule has 0 saturated carbocycles. The van der Waals surface area contributed by atoms with E-state index < -0.39 is 0 Å². The van der Waals surface area contributed by atoms with Crippen LogP contribution in [0.4, 0.5) is 5.69 Å². The Kier molecular flexibility index (Phi) is 4.32. The van der Waals surface area contributed by atoms with Crippen molar-refractivity contribution in [3.63, 3.8) is 0 Å². The van der Waals surface area contributed by atoms with E-state index in [1.54, 1.807) is 0 Å². The summed E-state index contributed by atoms with van der Waals surface area (Å²) in [6.45, 7) is 2.95. The van der Waals surface area contributed by atoms with Crippen LogP contribution in [0, 0.1) is 6.92 Å². The van der Waals surface area contributed by atoms with Gasteiger partial charge in [0.05, 0.1) is 0 Å². The molecule has 2 rings (SSSR count). The highest BCUT2D eigenvalue weighted by Gasteiger charge is 2.01. The molecule has 2 N–H and O–H groups in total. The van der Waals surface area contributed by atoms with Crippen molar-refractivity contribution in [2.75, 3.05) is 5.73 Å². The topological polar surface area (TPSA) is 29.9 Å². The van der Waals surface area contributed by atoms with E-state index in [0.717, 1.165) is 12.2 Å². The quantitative estimate of drug-likeness (QED) is 0.520. The summed E-state index contributed by atoms with van der Waals surface area (Å²) >= 11 is 0. The number of aromatic nitrogens is 1. The Labute approximate surface area is 102 Å². The number of nitrogens with two attached hydrogens (primary N) is 1. The second kappa shape index (κ2) is 5.52. The van der Waals surface area contributed by atoms with Gasteiger partial charge in [0.15, 0.2) is 18.9 Å². The lowest BCUT2D eigenvalue weighted by Crippen LogP contribution is -3.00. The predicted octanol–water partition coefficient (Wildman–Crippen LogP) is -1.08. The molecule has 1 aromatic heterocycles. The first-order valence-corrected chi connectivity index (χ1v) is 5.04. The first-order valence-electron chi connectivity index (χ1n) is 5.04. The van der Waals surface area contributed by atoms with Crippen LogP contribution in [0.2, 0.25) is 0 Å². The number of aryl methyl sites for hydroxylation is 1. The van der Waals surface area contributed by atoms with Crippen LogP contribution >= 0.6 is 0 Å². The van der Waals surface area contributed by atoms with Crippen molar-refractivity contribution in [3.05, 3.63) is 59.9 Å². The van der Waals surface area contributed by atoms with E-state index in [1.165, 1.54) is 11.1 Å². The summed E-state index contributed by atoms with van der Waals surface area (Å²) in [4.78, 5) is 0. The van der Waals surface area contributed by atoms with Crippen LogP contribution in [0.5, 0.6) is 0 Å². The number of benzene rings is 1. The molecule has 0 radical (unpaired) electrons. The normalized spacial score (nSPS) is 9.56. The zero-order chi connectivity index (χ0) is 10.7. The third-order valence-corrected chi connectivity index (χ3v) is 2.37. The van der Waals surface area contributed by atoms with Crippen LogP contribution in [0.25, 0.3) is 0 Å². The van der Waals surface area contributed by atoms with Gasteiger partial charge in [0.2, 0.25) is 0 Å². The summed E-state index contributed by atoms with van der Waals surface area (Å²) in [5.74, 6) is 0. The second-order valence-electron chi connectivity index (χ2n) is 3.79. The molecule has 0 bridgehead atoms. The van der Waals surface area contributed by atoms with Crippen molar-refractivity contribution in [3.8, 4) is 0 Å². The predicted molar refractivity (Wildman–Crippen MR) is 61.3 cm³/mol. The van der Waals surface area contributed by atoms with Gasteiger partial charge < -0.3 is 18.1 Å². The molecule has 84 valence electrons. The molecular weight excluding hydrogens is 220 g/mol. The molecule has 0 unspecified atom stereocenters. The summed E-state index contributed by atoms with van der Waals surface area (Å²) in [6.07, 6.45) is 4.16. The Morgan fingerprint density at radius 1 is 1.12 bits per heavy atom. The van der Waals surface area contributed by atoms with Gasteiger partial charge in [-0.05, 0) is 24.6 Å². The van der Waals surface area contributed by atoms with Crippen LogP contribution < -0.4 is 22.7 Å². The Morgan fingerprint density at radius 3 is 2.44 bits per heavy atom. The summed E-state index contributed by atoms with van der Waals surface area (Å²) in [6, 6.07) is 12.2. The van der Waals surface area contributed by atoms with Crippen molar-refractivity contribution in [1.82, 2.24) is 0 Å². The van der Waals surface area contributed by atoms with Crippen LogP contribution in [0.1, 0.15) is 11.1 Å². The van der Waals surface area contributed by atoms with Crippen molar-refractivity contribution in [2.45, 2.75) is 13.5 Å². The average Bonchev–Trinajstić information content (AvgIpc) is 2.22. The molecular formula is C13H15ClN2. The minimum Gasteiger partial charge on any atom is -1.00 e. The van der Waals surface area contributed by atoms with Gasteiger partial charge in [0.25, 0.3) is 0 Å². The maximum Gasteiger partial charge on any atom is 0.173 e. The van der Waals surface area contributed by atoms with Crippen LogP contribution in [0.3, 0.4) is 0 Å². The third-order valence-electron chi connectivity index (χ3n) is 2.37. The molecule has 0 amide bonds. The van der Waals surface area contributed by atoms with E-state index in [-0.39, 0.29) is 12.4 Å². The van der Waals surface area contributed by atoms with Crippen molar-refractivity contribution >= 4 is 5.69 Å². The summed E-state index contributed by atoms with van der Waals surface area (Å²) in [7, 11) is 0. The molecule has 1 heterocycles. The molecule has 0 atom stereocenters. The SMILES string of the molecule is Cc1cc[n+](Cc2cccc(N)c2)cc1.[Cl-]. The van der Waals surface area contributed by atoms with Gasteiger partial charge in [-0.25, -0.2) is 4.57 Å². The molecule has 3 heteroatoms. The zero-order valence-electron chi connectivity index (χ0n) is 9.23. The van der Waals surface area contributed by atoms with Gasteiger partial charge in [-0.2, -0.15) is 0 Å². The molecule has 16 heavy (non-hydrogen) atoms. The molecule has 0 aliphatic heterocycles. The molecule has 0 fully saturated rings. The van der Waals surface area contributed by atoms with Crippen LogP contribution in [-0.4, -0.2) is 0 Å². The van der Waals surface area contributed by atoms with Gasteiger partial charge in [0.1, 0.15) is 0 Å². The first-order chi connectivity index (χ1) is 7.24. The van der Waals surface area contributed by atoms with Crippen LogP contribution in [-0.2, 0) is 6.54 Å². The molecule has 0 aliphatic rings. The Balaban J connectivity index is 0.00000128. The van der Waals surface area contributed by atoms with E-state index in [4.69, 9.17) is 5.73 Å². The fraction of sp³-hybridized carbons (Fsp3) is 0.154. The lowest BCUT2D eigenvalue weighted by atomic mass is 10.2. The number of pyridine rings is 1. The number of hydrogen-bond donors (Lipinski definition) is 1. The highest BCUT2D eigenvalue weighted by atomic mass is 35.5. The monoisotopic (exact) mass is 234 g/mol. The number of rotatable bonds is 2. The minimum atomic E-state index is 0. The average molecular weight is 235 g/mol. The first kappa shape index (κ1) is 12.5. The number of anilines is 1. The molecule has 2 aromatic rings. The Hall–Kier alpha value is -1.54. The molecule has 1 aromatic carbocycles. The van der Waals surface area contributed by atoms with E-state index >= 15 is 0 Å².